The number of anilines is 1. The Morgan fingerprint density at radius 2 is 1.73 bits per heavy atom. The number of ether oxygens (including phenoxy) is 3. The monoisotopic (exact) mass is 432 g/mol. The number of nitrogens with one attached hydrogen (secondary N) is 1. The number of hydrogen-bond donors (Lipinski definition) is 1. The van der Waals surface area contributed by atoms with Crippen LogP contribution in [0, 0.1) is 0 Å². The van der Waals surface area contributed by atoms with Gasteiger partial charge in [0.05, 0.1) is 25.2 Å². The number of hydrogen-bond acceptors (Lipinski definition) is 6. The molecule has 9 heteroatoms. The quantitative estimate of drug-likeness (QED) is 0.780. The van der Waals surface area contributed by atoms with E-state index in [4.69, 9.17) is 14.2 Å². The molecule has 2 aromatic carbocycles. The fourth-order valence-electron chi connectivity index (χ4n) is 3.69. The molecule has 0 aliphatic carbocycles. The molecule has 0 bridgehead atoms. The molecule has 0 radical (unpaired) electrons. The zero-order valence-corrected chi connectivity index (χ0v) is 17.5. The molecule has 2 heterocycles. The minimum absolute atomic E-state index is 0.0279. The third-order valence-electron chi connectivity index (χ3n) is 5.36. The van der Waals surface area contributed by atoms with Gasteiger partial charge in [-0.05, 0) is 42.5 Å². The van der Waals surface area contributed by atoms with Gasteiger partial charge in [-0.1, -0.05) is 6.07 Å². The number of benzene rings is 2. The van der Waals surface area contributed by atoms with Crippen LogP contribution >= 0.6 is 0 Å². The van der Waals surface area contributed by atoms with Crippen LogP contribution in [0.3, 0.4) is 0 Å². The van der Waals surface area contributed by atoms with Crippen LogP contribution in [0.2, 0.25) is 0 Å². The summed E-state index contributed by atoms with van der Waals surface area (Å²) in [6.45, 7) is 2.16. The zero-order valence-electron chi connectivity index (χ0n) is 16.7. The standard InChI is InChI=1S/C21H24N2O6S/c1-27-18-7-5-17(6-8-18)22-30(25,26)19-4-2-3-16(15-19)20(24)23-11-9-21(10-12-23)28-13-14-29-21/h2-8,15,22H,9-14H2,1H3. The normalized spacial score (nSPS) is 18.4. The molecule has 4 rings (SSSR count). The SMILES string of the molecule is COc1ccc(NS(=O)(=O)c2cccc(C(=O)N3CCC4(CC3)OCCO4)c2)cc1. The van der Waals surface area contributed by atoms with E-state index in [1.165, 1.54) is 19.2 Å². The summed E-state index contributed by atoms with van der Waals surface area (Å²) >= 11 is 0. The first kappa shape index (κ1) is 20.6. The lowest BCUT2D eigenvalue weighted by Crippen LogP contribution is -2.47. The van der Waals surface area contributed by atoms with E-state index in [1.54, 1.807) is 41.3 Å². The fourth-order valence-corrected chi connectivity index (χ4v) is 4.79. The molecule has 0 aromatic heterocycles. The highest BCUT2D eigenvalue weighted by Crippen LogP contribution is 2.32. The number of carbonyl (C=O) groups is 1. The Labute approximate surface area is 175 Å². The van der Waals surface area contributed by atoms with Crippen LogP contribution < -0.4 is 9.46 Å². The average Bonchev–Trinajstić information content (AvgIpc) is 3.22. The average molecular weight is 432 g/mol. The highest BCUT2D eigenvalue weighted by atomic mass is 32.2. The van der Waals surface area contributed by atoms with Crippen molar-refractivity contribution >= 4 is 21.6 Å². The smallest absolute Gasteiger partial charge is 0.261 e. The summed E-state index contributed by atoms with van der Waals surface area (Å²) in [7, 11) is -2.30. The Bertz CT molecular complexity index is 1010. The first-order valence-corrected chi connectivity index (χ1v) is 11.2. The molecule has 0 unspecified atom stereocenters. The third-order valence-corrected chi connectivity index (χ3v) is 6.74. The van der Waals surface area contributed by atoms with Crippen molar-refractivity contribution in [3.05, 3.63) is 54.1 Å². The molecule has 1 N–H and O–H groups in total. The van der Waals surface area contributed by atoms with Gasteiger partial charge in [0.25, 0.3) is 15.9 Å². The maximum absolute atomic E-state index is 12.9. The van der Waals surface area contributed by atoms with Gasteiger partial charge in [-0.3, -0.25) is 9.52 Å². The van der Waals surface area contributed by atoms with E-state index in [1.807, 2.05) is 0 Å². The van der Waals surface area contributed by atoms with E-state index in [2.05, 4.69) is 4.72 Å². The minimum atomic E-state index is -3.84. The molecule has 1 spiro atoms. The molecule has 2 aliphatic heterocycles. The predicted molar refractivity (Wildman–Crippen MR) is 110 cm³/mol. The number of likely N-dealkylation sites (tertiary alicyclic amines) is 1. The predicted octanol–water partition coefficient (Wildman–Crippen LogP) is 2.48. The molecule has 0 saturated carbocycles. The van der Waals surface area contributed by atoms with Crippen molar-refractivity contribution in [3.63, 3.8) is 0 Å². The first-order chi connectivity index (χ1) is 14.4. The lowest BCUT2D eigenvalue weighted by molar-refractivity contribution is -0.181. The van der Waals surface area contributed by atoms with E-state index in [9.17, 15) is 13.2 Å². The topological polar surface area (TPSA) is 94.2 Å². The highest BCUT2D eigenvalue weighted by molar-refractivity contribution is 7.92. The molecule has 30 heavy (non-hydrogen) atoms. The number of rotatable bonds is 5. The largest absolute Gasteiger partial charge is 0.497 e. The fraction of sp³-hybridized carbons (Fsp3) is 0.381. The summed E-state index contributed by atoms with van der Waals surface area (Å²) in [6, 6.07) is 12.6. The Kier molecular flexibility index (Phi) is 5.68. The zero-order chi connectivity index (χ0) is 21.2. The number of amides is 1. The molecule has 8 nitrogen and oxygen atoms in total. The van der Waals surface area contributed by atoms with Crippen LogP contribution in [-0.2, 0) is 19.5 Å². The van der Waals surface area contributed by atoms with Gasteiger partial charge >= 0.3 is 0 Å². The highest BCUT2D eigenvalue weighted by Gasteiger charge is 2.40. The number of nitrogens with zero attached hydrogens (tertiary/aromatic N) is 1. The summed E-state index contributed by atoms with van der Waals surface area (Å²) in [4.78, 5) is 14.7. The molecule has 2 aromatic rings. The Morgan fingerprint density at radius 3 is 2.37 bits per heavy atom. The van der Waals surface area contributed by atoms with Crippen LogP contribution in [0.25, 0.3) is 0 Å². The second kappa shape index (κ2) is 8.25. The molecule has 2 aliphatic rings. The van der Waals surface area contributed by atoms with Crippen molar-refractivity contribution in [3.8, 4) is 5.75 Å². The van der Waals surface area contributed by atoms with Crippen molar-refractivity contribution < 1.29 is 27.4 Å². The van der Waals surface area contributed by atoms with Gasteiger partial charge in [0.15, 0.2) is 5.79 Å². The van der Waals surface area contributed by atoms with Crippen LogP contribution in [0.5, 0.6) is 5.75 Å². The van der Waals surface area contributed by atoms with Crippen molar-refractivity contribution in [2.45, 2.75) is 23.5 Å². The molecule has 2 fully saturated rings. The van der Waals surface area contributed by atoms with Crippen molar-refractivity contribution in [1.29, 1.82) is 0 Å². The molecular weight excluding hydrogens is 408 g/mol. The number of sulfonamides is 1. The van der Waals surface area contributed by atoms with Gasteiger partial charge in [0.2, 0.25) is 0 Å². The lowest BCUT2D eigenvalue weighted by atomic mass is 10.0. The van der Waals surface area contributed by atoms with Gasteiger partial charge in [0.1, 0.15) is 5.75 Å². The molecule has 2 saturated heterocycles. The second-order valence-electron chi connectivity index (χ2n) is 7.26. The van der Waals surface area contributed by atoms with Crippen LogP contribution in [0.1, 0.15) is 23.2 Å². The van der Waals surface area contributed by atoms with Crippen LogP contribution in [-0.4, -0.2) is 58.4 Å². The summed E-state index contributed by atoms with van der Waals surface area (Å²) in [5.74, 6) is -0.142. The van der Waals surface area contributed by atoms with Gasteiger partial charge in [-0.25, -0.2) is 8.42 Å². The summed E-state index contributed by atoms with van der Waals surface area (Å²) in [5, 5.41) is 0. The lowest BCUT2D eigenvalue weighted by Gasteiger charge is -2.37. The van der Waals surface area contributed by atoms with Gasteiger partial charge < -0.3 is 19.1 Å². The second-order valence-corrected chi connectivity index (χ2v) is 8.94. The minimum Gasteiger partial charge on any atom is -0.497 e. The van der Waals surface area contributed by atoms with Gasteiger partial charge in [-0.15, -0.1) is 0 Å². The van der Waals surface area contributed by atoms with Crippen LogP contribution in [0.4, 0.5) is 5.69 Å². The Hall–Kier alpha value is -2.62. The van der Waals surface area contributed by atoms with E-state index < -0.39 is 15.8 Å². The summed E-state index contributed by atoms with van der Waals surface area (Å²) in [6.07, 6.45) is 1.21. The van der Waals surface area contributed by atoms with Gasteiger partial charge in [0, 0.05) is 37.2 Å². The molecular formula is C21H24N2O6S. The Morgan fingerprint density at radius 1 is 1.07 bits per heavy atom. The number of piperidine rings is 1. The van der Waals surface area contributed by atoms with E-state index >= 15 is 0 Å². The summed E-state index contributed by atoms with van der Waals surface area (Å²) < 4.78 is 44.5. The van der Waals surface area contributed by atoms with Crippen molar-refractivity contribution in [2.24, 2.45) is 0 Å². The Balaban J connectivity index is 1.46. The molecule has 0 atom stereocenters. The third kappa shape index (κ3) is 4.28. The maximum atomic E-state index is 12.9. The van der Waals surface area contributed by atoms with E-state index in [0.717, 1.165) is 0 Å². The summed E-state index contributed by atoms with van der Waals surface area (Å²) in [5.41, 5.74) is 0.738. The van der Waals surface area contributed by atoms with E-state index in [0.29, 0.717) is 56.1 Å². The van der Waals surface area contributed by atoms with Crippen molar-refractivity contribution in [1.82, 2.24) is 4.90 Å². The van der Waals surface area contributed by atoms with Crippen LogP contribution in [0.15, 0.2) is 53.4 Å². The van der Waals surface area contributed by atoms with Gasteiger partial charge in [-0.2, -0.15) is 0 Å². The maximum Gasteiger partial charge on any atom is 0.261 e. The van der Waals surface area contributed by atoms with E-state index in [-0.39, 0.29) is 10.8 Å². The molecule has 160 valence electrons. The first-order valence-electron chi connectivity index (χ1n) is 9.75. The van der Waals surface area contributed by atoms with Crippen molar-refractivity contribution in [2.75, 3.05) is 38.1 Å². The number of carbonyl (C=O) groups excluding carboxylic acids is 1. The molecule has 1 amide bonds. The number of methoxy groups -OCH3 is 1.